The van der Waals surface area contributed by atoms with E-state index in [4.69, 9.17) is 0 Å². The molecule has 1 N–H and O–H groups in total. The maximum absolute atomic E-state index is 11.0. The van der Waals surface area contributed by atoms with Crippen LogP contribution in [0.15, 0.2) is 22.1 Å². The molecule has 0 bridgehead atoms. The fraction of sp³-hybridized carbons (Fsp3) is 0.143. The first kappa shape index (κ1) is 5.41. The summed E-state index contributed by atoms with van der Waals surface area (Å²) in [4.78, 5) is 17.9. The van der Waals surface area contributed by atoms with Gasteiger partial charge in [-0.05, 0) is 6.08 Å². The second kappa shape index (κ2) is 1.80. The Balaban J connectivity index is 3.12. The molecule has 0 atom stereocenters. The smallest absolute Gasteiger partial charge is 0.190 e. The zero-order chi connectivity index (χ0) is 6.97. The molecule has 50 valence electrons. The van der Waals surface area contributed by atoms with Crippen molar-refractivity contribution in [2.75, 3.05) is 6.54 Å². The number of aromatic amines is 1. The molecule has 3 heteroatoms. The maximum Gasteiger partial charge on any atom is 0.190 e. The van der Waals surface area contributed by atoms with Gasteiger partial charge in [0.2, 0.25) is 0 Å². The lowest BCUT2D eigenvalue weighted by Gasteiger charge is -1.80. The minimum absolute atomic E-state index is 0.0509. The number of hydrogen-bond acceptors (Lipinski definition) is 2. The monoisotopic (exact) mass is 134 g/mol. The molecule has 0 amide bonds. The Morgan fingerprint density at radius 2 is 2.50 bits per heavy atom. The van der Waals surface area contributed by atoms with Crippen LogP contribution in [0.25, 0.3) is 6.08 Å². The summed E-state index contributed by atoms with van der Waals surface area (Å²) >= 11 is 0. The highest BCUT2D eigenvalue weighted by Crippen LogP contribution is 1.71. The molecule has 0 radical (unpaired) electrons. The zero-order valence-electron chi connectivity index (χ0n) is 5.29. The van der Waals surface area contributed by atoms with Crippen molar-refractivity contribution in [3.8, 4) is 0 Å². The van der Waals surface area contributed by atoms with Gasteiger partial charge in [0.05, 0.1) is 11.8 Å². The Kier molecular flexibility index (Phi) is 0.974. The van der Waals surface area contributed by atoms with E-state index in [9.17, 15) is 4.79 Å². The number of pyridine rings is 1. The second-order valence-corrected chi connectivity index (χ2v) is 2.15. The molecule has 1 aromatic heterocycles. The van der Waals surface area contributed by atoms with Gasteiger partial charge in [0.1, 0.15) is 5.49 Å². The lowest BCUT2D eigenvalue weighted by molar-refractivity contribution is 1.09. The molecule has 0 aromatic carbocycles. The Morgan fingerprint density at radius 3 is 3.30 bits per heavy atom. The van der Waals surface area contributed by atoms with Crippen molar-refractivity contribution < 1.29 is 0 Å². The Bertz CT molecular complexity index is 416. The van der Waals surface area contributed by atoms with Crippen molar-refractivity contribution in [2.24, 2.45) is 4.99 Å². The number of rotatable bonds is 0. The van der Waals surface area contributed by atoms with Crippen molar-refractivity contribution in [2.45, 2.75) is 0 Å². The van der Waals surface area contributed by atoms with Crippen molar-refractivity contribution in [3.63, 3.8) is 0 Å². The lowest BCUT2D eigenvalue weighted by atomic mass is 10.4. The number of aromatic nitrogens is 1. The molecule has 3 nitrogen and oxygen atoms in total. The number of H-pyrrole nitrogens is 1. The third-order valence-electron chi connectivity index (χ3n) is 1.52. The van der Waals surface area contributed by atoms with Crippen molar-refractivity contribution >= 4 is 6.08 Å². The summed E-state index contributed by atoms with van der Waals surface area (Å²) in [6, 6.07) is 1.51. The number of nitrogens with zero attached hydrogens (tertiary/aromatic N) is 1. The van der Waals surface area contributed by atoms with Gasteiger partial charge in [0.15, 0.2) is 5.43 Å². The van der Waals surface area contributed by atoms with Crippen molar-refractivity contribution in [3.05, 3.63) is 33.2 Å². The van der Waals surface area contributed by atoms with Crippen molar-refractivity contribution in [1.82, 2.24) is 4.98 Å². The van der Waals surface area contributed by atoms with E-state index in [-0.39, 0.29) is 5.43 Å². The summed E-state index contributed by atoms with van der Waals surface area (Å²) in [6.07, 6.45) is 3.44. The average Bonchev–Trinajstić information content (AvgIpc) is 2.36. The summed E-state index contributed by atoms with van der Waals surface area (Å²) in [6.45, 7) is 0.630. The van der Waals surface area contributed by atoms with Gasteiger partial charge < -0.3 is 4.98 Å². The van der Waals surface area contributed by atoms with Gasteiger partial charge in [-0.25, -0.2) is 0 Å². The summed E-state index contributed by atoms with van der Waals surface area (Å²) < 4.78 is 0. The summed E-state index contributed by atoms with van der Waals surface area (Å²) in [5, 5.41) is 0.711. The highest BCUT2D eigenvalue weighted by Gasteiger charge is 1.95. The molecule has 0 spiro atoms. The molecule has 1 aromatic rings. The Hall–Kier alpha value is -1.38. The molecular formula is C7H6N2O. The minimum Gasteiger partial charge on any atom is -0.346 e. The molecule has 1 aliphatic rings. The average molecular weight is 134 g/mol. The molecule has 0 aliphatic carbocycles. The van der Waals surface area contributed by atoms with Gasteiger partial charge in [-0.15, -0.1) is 0 Å². The molecule has 0 unspecified atom stereocenters. The van der Waals surface area contributed by atoms with E-state index in [2.05, 4.69) is 9.98 Å². The first-order chi connectivity index (χ1) is 4.88. The third-order valence-corrected chi connectivity index (χ3v) is 1.52. The largest absolute Gasteiger partial charge is 0.346 e. The summed E-state index contributed by atoms with van der Waals surface area (Å²) in [5.74, 6) is 0. The predicted molar refractivity (Wildman–Crippen MR) is 37.2 cm³/mol. The molecule has 2 rings (SSSR count). The van der Waals surface area contributed by atoms with Gasteiger partial charge in [0.25, 0.3) is 0 Å². The van der Waals surface area contributed by atoms with E-state index in [0.29, 0.717) is 17.3 Å². The summed E-state index contributed by atoms with van der Waals surface area (Å²) in [5.41, 5.74) is 0.766. The molecule has 2 heterocycles. The second-order valence-electron chi connectivity index (χ2n) is 2.15. The van der Waals surface area contributed by atoms with Crippen LogP contribution in [0.2, 0.25) is 0 Å². The zero-order valence-corrected chi connectivity index (χ0v) is 5.29. The summed E-state index contributed by atoms with van der Waals surface area (Å²) in [7, 11) is 0. The van der Waals surface area contributed by atoms with Gasteiger partial charge in [-0.2, -0.15) is 0 Å². The van der Waals surface area contributed by atoms with E-state index in [1.165, 1.54) is 6.07 Å². The van der Waals surface area contributed by atoms with Crippen LogP contribution in [0.1, 0.15) is 0 Å². The topological polar surface area (TPSA) is 45.2 Å². The predicted octanol–water partition coefficient (Wildman–Crippen LogP) is -1.21. The quantitative estimate of drug-likeness (QED) is 0.475. The number of fused-ring (bicyclic) bond motifs is 1. The van der Waals surface area contributed by atoms with Gasteiger partial charge in [-0.1, -0.05) is 0 Å². The van der Waals surface area contributed by atoms with Gasteiger partial charge >= 0.3 is 0 Å². The Labute approximate surface area is 56.7 Å². The standard InChI is InChI=1S/C7H6N2O/c10-6-2-4-9-7-5(6)1-3-8-7/h1-2,4H,3H2,(H,8,9). The van der Waals surface area contributed by atoms with Crippen LogP contribution in [0, 0.1) is 0 Å². The van der Waals surface area contributed by atoms with E-state index in [0.717, 1.165) is 0 Å². The van der Waals surface area contributed by atoms with Crippen LogP contribution < -0.4 is 16.1 Å². The number of nitrogens with one attached hydrogen (secondary N) is 1. The van der Waals surface area contributed by atoms with E-state index >= 15 is 0 Å². The molecule has 1 aliphatic heterocycles. The van der Waals surface area contributed by atoms with E-state index in [1.807, 2.05) is 6.08 Å². The molecular weight excluding hydrogens is 128 g/mol. The van der Waals surface area contributed by atoms with Crippen LogP contribution in [0.5, 0.6) is 0 Å². The third kappa shape index (κ3) is 0.603. The van der Waals surface area contributed by atoms with E-state index < -0.39 is 0 Å². The van der Waals surface area contributed by atoms with Gasteiger partial charge in [0, 0.05) is 12.3 Å². The maximum atomic E-state index is 11.0. The normalized spacial score (nSPS) is 13.6. The molecule has 0 saturated heterocycles. The van der Waals surface area contributed by atoms with Crippen LogP contribution >= 0.6 is 0 Å². The molecule has 0 saturated carbocycles. The number of hydrogen-bond donors (Lipinski definition) is 1. The highest BCUT2D eigenvalue weighted by atomic mass is 16.1. The Morgan fingerprint density at radius 1 is 1.60 bits per heavy atom. The fourth-order valence-corrected chi connectivity index (χ4v) is 1.04. The molecule has 0 fully saturated rings. The van der Waals surface area contributed by atoms with Gasteiger partial charge in [-0.3, -0.25) is 9.79 Å². The van der Waals surface area contributed by atoms with E-state index in [1.54, 1.807) is 6.20 Å². The van der Waals surface area contributed by atoms with Crippen LogP contribution in [0.4, 0.5) is 0 Å². The lowest BCUT2D eigenvalue weighted by Crippen LogP contribution is -2.37. The first-order valence-corrected chi connectivity index (χ1v) is 3.10. The fourth-order valence-electron chi connectivity index (χ4n) is 1.04. The SMILES string of the molecule is O=c1cc[nH]c2c1=CCN=2. The minimum atomic E-state index is 0.0509. The van der Waals surface area contributed by atoms with Crippen LogP contribution in [-0.4, -0.2) is 11.5 Å². The van der Waals surface area contributed by atoms with Crippen LogP contribution in [-0.2, 0) is 0 Å². The first-order valence-electron chi connectivity index (χ1n) is 3.10. The van der Waals surface area contributed by atoms with Crippen LogP contribution in [0.3, 0.4) is 0 Å². The van der Waals surface area contributed by atoms with Crippen molar-refractivity contribution in [1.29, 1.82) is 0 Å². The molecule has 10 heavy (non-hydrogen) atoms. The highest BCUT2D eigenvalue weighted by molar-refractivity contribution is 5.26.